The zero-order valence-electron chi connectivity index (χ0n) is 68.2. The van der Waals surface area contributed by atoms with Crippen LogP contribution in [0.1, 0.15) is 0 Å². The van der Waals surface area contributed by atoms with Crippen molar-refractivity contribution in [2.24, 2.45) is 0 Å². The third-order valence-electron chi connectivity index (χ3n) is 23.7. The van der Waals surface area contributed by atoms with Crippen LogP contribution in [0.3, 0.4) is 0 Å². The summed E-state index contributed by atoms with van der Waals surface area (Å²) >= 11 is 0. The van der Waals surface area contributed by atoms with Crippen molar-refractivity contribution >= 4 is 123 Å². The van der Waals surface area contributed by atoms with Crippen molar-refractivity contribution < 1.29 is 0 Å². The van der Waals surface area contributed by atoms with Crippen molar-refractivity contribution in [1.29, 1.82) is 0 Å². The Bertz CT molecular complexity index is 7420. The van der Waals surface area contributed by atoms with Crippen LogP contribution in [0.15, 0.2) is 510 Å². The fraction of sp³-hybridized carbons (Fsp3) is 0. The molecule has 586 valence electrons. The van der Waals surface area contributed by atoms with Gasteiger partial charge in [-0.05, 0) is 248 Å². The molecule has 0 radical (unpaired) electrons. The lowest BCUT2D eigenvalue weighted by Gasteiger charge is -2.30. The molecule has 0 aliphatic rings. The molecule has 0 bridgehead atoms. The third kappa shape index (κ3) is 14.8. The van der Waals surface area contributed by atoms with Gasteiger partial charge in [0.2, 0.25) is 0 Å². The molecule has 0 aliphatic heterocycles. The van der Waals surface area contributed by atoms with E-state index >= 15 is 0 Å². The summed E-state index contributed by atoms with van der Waals surface area (Å²) in [4.78, 5) is 9.42. The van der Waals surface area contributed by atoms with E-state index in [1.165, 1.54) is 93.3 Å². The summed E-state index contributed by atoms with van der Waals surface area (Å²) in [5, 5.41) is 7.49. The molecule has 0 atom stereocenters. The van der Waals surface area contributed by atoms with Crippen molar-refractivity contribution in [3.63, 3.8) is 0 Å². The van der Waals surface area contributed by atoms with Gasteiger partial charge >= 0.3 is 0 Å². The maximum atomic E-state index is 2.38. The number of hydrogen-bond donors (Lipinski definition) is 0. The van der Waals surface area contributed by atoms with Crippen LogP contribution in [-0.4, -0.2) is 9.13 Å². The van der Waals surface area contributed by atoms with Crippen molar-refractivity contribution in [2.45, 2.75) is 0 Å². The lowest BCUT2D eigenvalue weighted by Crippen LogP contribution is -2.13. The standard InChI is InChI=1S/C60H43N3.C58H41N3/c1-5-17-44(18-6-1)46-31-36-52(37-32-46)61(53-38-33-47(34-39-53)45-19-7-2-8-20-45)55-27-16-28-56(43-55)62(50-22-9-3-10-23-50)54-26-15-21-48(41-54)49-35-40-58-57-29-13-14-30-59(57)63(60(58)42-49)51-24-11-4-12-25-51;1-4-20-46(21-5-1)59(49-36-33-43(34-37-49)54-31-15-18-42-17-10-11-29-53(42)54)51-27-16-28-52(41-51)60(47-22-6-2-7-23-47)50-26-14-19-44(39-50)45-35-38-56-55-30-12-13-32-57(55)61(58(56)40-45)48-24-8-3-9-25-48/h1-43H;1-41H. The van der Waals surface area contributed by atoms with Crippen LogP contribution < -0.4 is 19.6 Å². The highest BCUT2D eigenvalue weighted by molar-refractivity contribution is 6.12. The van der Waals surface area contributed by atoms with E-state index in [2.05, 4.69) is 538 Å². The lowest BCUT2D eigenvalue weighted by molar-refractivity contribution is 1.18. The van der Waals surface area contributed by atoms with Crippen LogP contribution in [0.5, 0.6) is 0 Å². The van der Waals surface area contributed by atoms with Crippen molar-refractivity contribution in [3.05, 3.63) is 510 Å². The van der Waals surface area contributed by atoms with Crippen LogP contribution in [0.4, 0.5) is 68.2 Å². The van der Waals surface area contributed by atoms with Crippen LogP contribution >= 0.6 is 0 Å². The molecule has 22 rings (SSSR count). The lowest BCUT2D eigenvalue weighted by atomic mass is 9.98. The van der Waals surface area contributed by atoms with E-state index in [0.29, 0.717) is 0 Å². The summed E-state index contributed by atoms with van der Waals surface area (Å²) in [6.07, 6.45) is 0. The molecule has 0 fully saturated rings. The van der Waals surface area contributed by atoms with Gasteiger partial charge in [-0.25, -0.2) is 0 Å². The normalized spacial score (nSPS) is 11.2. The van der Waals surface area contributed by atoms with Gasteiger partial charge in [0.15, 0.2) is 0 Å². The minimum Gasteiger partial charge on any atom is -0.310 e. The molecule has 2 aromatic heterocycles. The molecule has 0 aliphatic carbocycles. The molecule has 124 heavy (non-hydrogen) atoms. The molecule has 6 heteroatoms. The van der Waals surface area contributed by atoms with Gasteiger partial charge in [-0.15, -0.1) is 0 Å². The van der Waals surface area contributed by atoms with Crippen LogP contribution in [0.25, 0.3) is 121 Å². The molecule has 22 aromatic rings. The Morgan fingerprint density at radius 1 is 0.129 bits per heavy atom. The monoisotopic (exact) mass is 1580 g/mol. The van der Waals surface area contributed by atoms with Gasteiger partial charge in [0.05, 0.1) is 22.1 Å². The number of para-hydroxylation sites is 7. The Morgan fingerprint density at radius 3 is 0.766 bits per heavy atom. The average molecular weight is 1590 g/mol. The molecular formula is C118H84N6. The maximum absolute atomic E-state index is 2.38. The molecule has 0 saturated heterocycles. The Hall–Kier alpha value is -16.5. The number of benzene rings is 20. The highest BCUT2D eigenvalue weighted by Gasteiger charge is 2.24. The summed E-state index contributed by atoms with van der Waals surface area (Å²) in [6.45, 7) is 0. The zero-order chi connectivity index (χ0) is 82.5. The number of fused-ring (bicyclic) bond motifs is 7. The van der Waals surface area contributed by atoms with Crippen molar-refractivity contribution in [1.82, 2.24) is 9.13 Å². The fourth-order valence-corrected chi connectivity index (χ4v) is 17.9. The van der Waals surface area contributed by atoms with Crippen LogP contribution in [0.2, 0.25) is 0 Å². The third-order valence-corrected chi connectivity index (χ3v) is 23.7. The number of nitrogens with zero attached hydrogens (tertiary/aromatic N) is 6. The second-order valence-corrected chi connectivity index (χ2v) is 31.2. The first kappa shape index (κ1) is 75.0. The molecule has 0 amide bonds. The second kappa shape index (κ2) is 33.7. The minimum atomic E-state index is 1.06. The summed E-state index contributed by atoms with van der Waals surface area (Å²) in [5.74, 6) is 0. The van der Waals surface area contributed by atoms with Gasteiger partial charge in [0, 0.05) is 101 Å². The van der Waals surface area contributed by atoms with E-state index in [1.807, 2.05) is 0 Å². The quantitative estimate of drug-likeness (QED) is 0.0805. The van der Waals surface area contributed by atoms with Gasteiger partial charge in [-0.1, -0.05) is 328 Å². The first-order chi connectivity index (χ1) is 61.5. The zero-order valence-corrected chi connectivity index (χ0v) is 68.2. The largest absolute Gasteiger partial charge is 0.310 e. The average Bonchev–Trinajstić information content (AvgIpc) is 1.64. The Labute approximate surface area is 723 Å². The molecule has 0 N–H and O–H groups in total. The highest BCUT2D eigenvalue weighted by Crippen LogP contribution is 2.47. The second-order valence-electron chi connectivity index (χ2n) is 31.2. The Kier molecular flexibility index (Phi) is 20.4. The minimum absolute atomic E-state index is 1.06. The van der Waals surface area contributed by atoms with E-state index < -0.39 is 0 Å². The number of anilines is 12. The smallest absolute Gasteiger partial charge is 0.0547 e. The van der Waals surface area contributed by atoms with Gasteiger partial charge in [0.25, 0.3) is 0 Å². The van der Waals surface area contributed by atoms with E-state index in [0.717, 1.165) is 96.3 Å². The van der Waals surface area contributed by atoms with Crippen molar-refractivity contribution in [2.75, 3.05) is 19.6 Å². The molecule has 0 unspecified atom stereocenters. The van der Waals surface area contributed by atoms with Crippen molar-refractivity contribution in [3.8, 4) is 67.0 Å². The fourth-order valence-electron chi connectivity index (χ4n) is 17.9. The topological polar surface area (TPSA) is 22.8 Å². The molecule has 0 spiro atoms. The first-order valence-electron chi connectivity index (χ1n) is 42.4. The Morgan fingerprint density at radius 2 is 0.371 bits per heavy atom. The molecule has 6 nitrogen and oxygen atoms in total. The molecular weight excluding hydrogens is 1500 g/mol. The highest BCUT2D eigenvalue weighted by atomic mass is 15.2. The SMILES string of the molecule is c1ccc(-c2ccc(N(c3ccc(-c4ccccc4)cc3)c3cccc(N(c4ccccc4)c4cccc(-c5ccc6c7ccccc7n(-c7ccccc7)c6c5)c4)c3)cc2)cc1.c1ccc(N(c2ccc(-c3cccc4ccccc34)cc2)c2cccc(N(c3ccccc3)c3cccc(-c4ccc5c6ccccc6n(-c6ccccc6)c5c4)c3)c2)cc1. The predicted molar refractivity (Wildman–Crippen MR) is 525 cm³/mol. The van der Waals surface area contributed by atoms with E-state index in [-0.39, 0.29) is 0 Å². The number of hydrogen-bond acceptors (Lipinski definition) is 4. The summed E-state index contributed by atoms with van der Waals surface area (Å²) in [7, 11) is 0. The van der Waals surface area contributed by atoms with E-state index in [1.54, 1.807) is 0 Å². The summed E-state index contributed by atoms with van der Waals surface area (Å²) in [5.41, 5.74) is 31.8. The number of aromatic nitrogens is 2. The van der Waals surface area contributed by atoms with Crippen LogP contribution in [-0.2, 0) is 0 Å². The molecule has 2 heterocycles. The van der Waals surface area contributed by atoms with Gasteiger partial charge in [0.1, 0.15) is 0 Å². The maximum Gasteiger partial charge on any atom is 0.0547 e. The van der Waals surface area contributed by atoms with E-state index in [4.69, 9.17) is 0 Å². The van der Waals surface area contributed by atoms with Gasteiger partial charge in [-0.3, -0.25) is 0 Å². The summed E-state index contributed by atoms with van der Waals surface area (Å²) in [6, 6.07) is 183. The molecule has 0 saturated carbocycles. The summed E-state index contributed by atoms with van der Waals surface area (Å²) < 4.78 is 4.77. The number of rotatable bonds is 19. The van der Waals surface area contributed by atoms with Crippen LogP contribution in [0, 0.1) is 0 Å². The molecule has 20 aromatic carbocycles. The van der Waals surface area contributed by atoms with Gasteiger partial charge in [-0.2, -0.15) is 0 Å². The van der Waals surface area contributed by atoms with E-state index in [9.17, 15) is 0 Å². The Balaban J connectivity index is 0.000000152. The first-order valence-corrected chi connectivity index (χ1v) is 42.4. The predicted octanol–water partition coefficient (Wildman–Crippen LogP) is 32.9. The van der Waals surface area contributed by atoms with Gasteiger partial charge < -0.3 is 28.7 Å².